The van der Waals surface area contributed by atoms with Gasteiger partial charge in [0, 0.05) is 17.8 Å². The highest BCUT2D eigenvalue weighted by Crippen LogP contribution is 2.31. The number of nitrogens with one attached hydrogen (secondary N) is 1. The van der Waals surface area contributed by atoms with Crippen LogP contribution in [0.3, 0.4) is 0 Å². The molecule has 1 fully saturated rings. The van der Waals surface area contributed by atoms with Gasteiger partial charge in [0.05, 0.1) is 12.8 Å². The third-order valence-electron chi connectivity index (χ3n) is 4.80. The highest BCUT2D eigenvalue weighted by Gasteiger charge is 2.25. The van der Waals surface area contributed by atoms with E-state index in [9.17, 15) is 14.4 Å². The van der Waals surface area contributed by atoms with Crippen molar-refractivity contribution in [2.75, 3.05) is 12.4 Å². The Balaban J connectivity index is 1.98. The molecule has 1 aliphatic rings. The molecule has 1 saturated carbocycles. The van der Waals surface area contributed by atoms with Crippen molar-refractivity contribution >= 4 is 17.5 Å². The summed E-state index contributed by atoms with van der Waals surface area (Å²) in [7, 11) is 1.45. The lowest BCUT2D eigenvalue weighted by atomic mass is 10.1. The molecule has 0 radical (unpaired) electrons. The largest absolute Gasteiger partial charge is 0.495 e. The van der Waals surface area contributed by atoms with Crippen LogP contribution in [-0.2, 0) is 6.54 Å². The van der Waals surface area contributed by atoms with Crippen molar-refractivity contribution in [3.63, 3.8) is 0 Å². The number of benzene rings is 1. The molecule has 7 heteroatoms. The smallest absolute Gasteiger partial charge is 0.263 e. The van der Waals surface area contributed by atoms with Crippen LogP contribution in [0.1, 0.15) is 44.8 Å². The number of amides is 2. The molecule has 1 aromatic heterocycles. The number of nitrogens with two attached hydrogens (primary N) is 1. The number of methoxy groups -OCH3 is 1. The van der Waals surface area contributed by atoms with E-state index in [0.29, 0.717) is 23.8 Å². The average Bonchev–Trinajstić information content (AvgIpc) is 3.42. The van der Waals surface area contributed by atoms with Gasteiger partial charge in [-0.05, 0) is 62.4 Å². The Morgan fingerprint density at radius 2 is 1.96 bits per heavy atom. The standard InChI is InChI=1S/C20H23N3O4/c1-11-8-12(2)23(10-13-4-5-13)20(26)17(11)19(25)22-15-9-14(18(21)24)6-7-16(15)27-3/h6-9,13H,4-5,10H2,1-3H3,(H2,21,24)(H,22,25). The predicted molar refractivity (Wildman–Crippen MR) is 102 cm³/mol. The van der Waals surface area contributed by atoms with Crippen LogP contribution in [0.25, 0.3) is 0 Å². The van der Waals surface area contributed by atoms with Crippen molar-refractivity contribution in [1.29, 1.82) is 0 Å². The molecular formula is C20H23N3O4. The summed E-state index contributed by atoms with van der Waals surface area (Å²) in [6.07, 6.45) is 2.22. The van der Waals surface area contributed by atoms with Gasteiger partial charge in [-0.2, -0.15) is 0 Å². The Morgan fingerprint density at radius 1 is 1.26 bits per heavy atom. The first-order valence-electron chi connectivity index (χ1n) is 8.82. The number of nitrogens with zero attached hydrogens (tertiary/aromatic N) is 1. The van der Waals surface area contributed by atoms with Crippen molar-refractivity contribution in [2.24, 2.45) is 11.7 Å². The van der Waals surface area contributed by atoms with E-state index < -0.39 is 11.8 Å². The zero-order valence-corrected chi connectivity index (χ0v) is 15.7. The number of aromatic nitrogens is 1. The molecule has 2 aromatic rings. The molecule has 0 aliphatic heterocycles. The second-order valence-electron chi connectivity index (χ2n) is 6.94. The first-order valence-corrected chi connectivity index (χ1v) is 8.82. The van der Waals surface area contributed by atoms with Crippen molar-refractivity contribution in [2.45, 2.75) is 33.2 Å². The maximum atomic E-state index is 12.9. The number of carbonyl (C=O) groups excluding carboxylic acids is 2. The summed E-state index contributed by atoms with van der Waals surface area (Å²) in [5.41, 5.74) is 7.06. The summed E-state index contributed by atoms with van der Waals surface area (Å²) in [6, 6.07) is 6.33. The Labute approximate surface area is 157 Å². The second-order valence-corrected chi connectivity index (χ2v) is 6.94. The van der Waals surface area contributed by atoms with E-state index in [-0.39, 0.29) is 22.4 Å². The van der Waals surface area contributed by atoms with Gasteiger partial charge in [-0.15, -0.1) is 0 Å². The maximum absolute atomic E-state index is 12.9. The van der Waals surface area contributed by atoms with Crippen LogP contribution in [0.4, 0.5) is 5.69 Å². The van der Waals surface area contributed by atoms with Crippen LogP contribution in [0.2, 0.25) is 0 Å². The van der Waals surface area contributed by atoms with E-state index in [2.05, 4.69) is 5.32 Å². The molecular weight excluding hydrogens is 346 g/mol. The fraction of sp³-hybridized carbons (Fsp3) is 0.350. The summed E-state index contributed by atoms with van der Waals surface area (Å²) in [5.74, 6) is -0.280. The van der Waals surface area contributed by atoms with Gasteiger partial charge in [0.2, 0.25) is 5.91 Å². The Bertz CT molecular complexity index is 974. The Kier molecular flexibility index (Phi) is 5.03. The summed E-state index contributed by atoms with van der Waals surface area (Å²) in [5, 5.41) is 2.69. The first kappa shape index (κ1) is 18.7. The lowest BCUT2D eigenvalue weighted by Crippen LogP contribution is -2.32. The SMILES string of the molecule is COc1ccc(C(N)=O)cc1NC(=O)c1c(C)cc(C)n(CC2CC2)c1=O. The predicted octanol–water partition coefficient (Wildman–Crippen LogP) is 2.23. The fourth-order valence-corrected chi connectivity index (χ4v) is 3.13. The number of aryl methyl sites for hydroxylation is 2. The molecule has 0 spiro atoms. The summed E-state index contributed by atoms with van der Waals surface area (Å²) < 4.78 is 6.89. The molecule has 142 valence electrons. The molecule has 3 N–H and O–H groups in total. The number of rotatable bonds is 6. The Hall–Kier alpha value is -3.09. The van der Waals surface area contributed by atoms with Crippen LogP contribution in [0.15, 0.2) is 29.1 Å². The zero-order valence-electron chi connectivity index (χ0n) is 15.7. The molecule has 2 amide bonds. The molecule has 1 heterocycles. The second kappa shape index (κ2) is 7.26. The molecule has 27 heavy (non-hydrogen) atoms. The molecule has 1 aromatic carbocycles. The topological polar surface area (TPSA) is 103 Å². The van der Waals surface area contributed by atoms with E-state index in [1.807, 2.05) is 13.0 Å². The zero-order chi connectivity index (χ0) is 19.7. The summed E-state index contributed by atoms with van der Waals surface area (Å²) in [4.78, 5) is 37.2. The van der Waals surface area contributed by atoms with Crippen molar-refractivity contribution in [3.05, 3.63) is 57.0 Å². The molecule has 0 unspecified atom stereocenters. The van der Waals surface area contributed by atoms with E-state index in [0.717, 1.165) is 18.5 Å². The minimum Gasteiger partial charge on any atom is -0.495 e. The molecule has 0 saturated heterocycles. The number of hydrogen-bond donors (Lipinski definition) is 2. The fourth-order valence-electron chi connectivity index (χ4n) is 3.13. The van der Waals surface area contributed by atoms with Gasteiger partial charge in [0.15, 0.2) is 0 Å². The van der Waals surface area contributed by atoms with Gasteiger partial charge in [-0.3, -0.25) is 14.4 Å². The quantitative estimate of drug-likeness (QED) is 0.815. The van der Waals surface area contributed by atoms with Gasteiger partial charge < -0.3 is 20.4 Å². The van der Waals surface area contributed by atoms with Crippen LogP contribution in [-0.4, -0.2) is 23.5 Å². The summed E-state index contributed by atoms with van der Waals surface area (Å²) >= 11 is 0. The van der Waals surface area contributed by atoms with Crippen LogP contribution in [0.5, 0.6) is 5.75 Å². The number of carbonyl (C=O) groups is 2. The molecule has 0 atom stereocenters. The molecule has 3 rings (SSSR count). The van der Waals surface area contributed by atoms with Crippen LogP contribution >= 0.6 is 0 Å². The molecule has 7 nitrogen and oxygen atoms in total. The van der Waals surface area contributed by atoms with E-state index in [1.54, 1.807) is 17.6 Å². The van der Waals surface area contributed by atoms with E-state index in [4.69, 9.17) is 10.5 Å². The monoisotopic (exact) mass is 369 g/mol. The van der Waals surface area contributed by atoms with Gasteiger partial charge in [0.1, 0.15) is 11.3 Å². The van der Waals surface area contributed by atoms with E-state index >= 15 is 0 Å². The highest BCUT2D eigenvalue weighted by molar-refractivity contribution is 6.06. The lowest BCUT2D eigenvalue weighted by molar-refractivity contribution is 0.0995. The highest BCUT2D eigenvalue weighted by atomic mass is 16.5. The number of pyridine rings is 1. The minimum atomic E-state index is -0.619. The minimum absolute atomic E-state index is 0.0905. The van der Waals surface area contributed by atoms with E-state index in [1.165, 1.54) is 19.2 Å². The van der Waals surface area contributed by atoms with Gasteiger partial charge in [-0.25, -0.2) is 0 Å². The average molecular weight is 369 g/mol. The molecule has 0 bridgehead atoms. The number of anilines is 1. The lowest BCUT2D eigenvalue weighted by Gasteiger charge is -2.15. The molecule has 1 aliphatic carbocycles. The normalized spacial score (nSPS) is 13.3. The van der Waals surface area contributed by atoms with Gasteiger partial charge >= 0.3 is 0 Å². The van der Waals surface area contributed by atoms with Gasteiger partial charge in [0.25, 0.3) is 11.5 Å². The van der Waals surface area contributed by atoms with Crippen molar-refractivity contribution < 1.29 is 14.3 Å². The number of hydrogen-bond acceptors (Lipinski definition) is 4. The maximum Gasteiger partial charge on any atom is 0.263 e. The van der Waals surface area contributed by atoms with Gasteiger partial charge in [-0.1, -0.05) is 0 Å². The Morgan fingerprint density at radius 3 is 2.56 bits per heavy atom. The number of primary amides is 1. The van der Waals surface area contributed by atoms with Crippen LogP contribution < -0.4 is 21.3 Å². The summed E-state index contributed by atoms with van der Waals surface area (Å²) in [6.45, 7) is 4.24. The van der Waals surface area contributed by atoms with Crippen molar-refractivity contribution in [1.82, 2.24) is 4.57 Å². The third kappa shape index (κ3) is 3.86. The first-order chi connectivity index (χ1) is 12.8. The third-order valence-corrected chi connectivity index (χ3v) is 4.80. The van der Waals surface area contributed by atoms with Crippen molar-refractivity contribution in [3.8, 4) is 5.75 Å². The number of ether oxygens (including phenoxy) is 1. The van der Waals surface area contributed by atoms with Crippen LogP contribution in [0, 0.1) is 19.8 Å².